The normalized spacial score (nSPS) is 13.2. The Bertz CT molecular complexity index is 693. The number of aromatic nitrogens is 3. The van der Waals surface area contributed by atoms with E-state index in [4.69, 9.17) is 5.11 Å². The maximum absolute atomic E-state index is 12.1. The number of carbonyl (C=O) groups is 1. The van der Waals surface area contributed by atoms with Crippen LogP contribution in [0.25, 0.3) is 0 Å². The first-order valence-electron chi connectivity index (χ1n) is 5.56. The van der Waals surface area contributed by atoms with E-state index in [9.17, 15) is 13.2 Å². The molecule has 0 bridgehead atoms. The van der Waals surface area contributed by atoms with Gasteiger partial charge in [-0.25, -0.2) is 22.9 Å². The summed E-state index contributed by atoms with van der Waals surface area (Å²) in [6.07, 6.45) is 3.30. The molecular weight excluding hydrogens is 304 g/mol. The van der Waals surface area contributed by atoms with E-state index in [1.165, 1.54) is 5.51 Å². The van der Waals surface area contributed by atoms with E-state index in [2.05, 4.69) is 14.8 Å². The third-order valence-electron chi connectivity index (χ3n) is 2.36. The zero-order valence-corrected chi connectivity index (χ0v) is 12.1. The van der Waals surface area contributed by atoms with Gasteiger partial charge >= 0.3 is 5.97 Å². The van der Waals surface area contributed by atoms with Crippen LogP contribution in [0.2, 0.25) is 0 Å². The quantitative estimate of drug-likeness (QED) is 0.797. The van der Waals surface area contributed by atoms with Crippen molar-refractivity contribution < 1.29 is 18.3 Å². The lowest BCUT2D eigenvalue weighted by Crippen LogP contribution is -2.36. The molecule has 8 nitrogen and oxygen atoms in total. The van der Waals surface area contributed by atoms with Gasteiger partial charge in [0.15, 0.2) is 9.90 Å². The second-order valence-corrected chi connectivity index (χ2v) is 6.81. The zero-order valence-electron chi connectivity index (χ0n) is 10.4. The summed E-state index contributed by atoms with van der Waals surface area (Å²) in [6.45, 7) is 2.01. The highest BCUT2D eigenvalue weighted by Gasteiger charge is 2.27. The highest BCUT2D eigenvalue weighted by Crippen LogP contribution is 2.20. The highest BCUT2D eigenvalue weighted by molar-refractivity contribution is 7.91. The first-order chi connectivity index (χ1) is 9.40. The lowest BCUT2D eigenvalue weighted by atomic mass is 10.4. The molecule has 1 unspecified atom stereocenters. The molecule has 2 rings (SSSR count). The Balaban J connectivity index is 2.14. The Kier molecular flexibility index (Phi) is 4.16. The molecule has 2 aromatic rings. The van der Waals surface area contributed by atoms with Crippen LogP contribution in [0.1, 0.15) is 17.4 Å². The molecule has 0 aliphatic heterocycles. The van der Waals surface area contributed by atoms with Crippen molar-refractivity contribution >= 4 is 27.3 Å². The monoisotopic (exact) mass is 316 g/mol. The maximum atomic E-state index is 12.1. The summed E-state index contributed by atoms with van der Waals surface area (Å²) in [5.74, 6) is -1.37. The van der Waals surface area contributed by atoms with Crippen molar-refractivity contribution in [1.82, 2.24) is 19.5 Å². The Morgan fingerprint density at radius 3 is 2.95 bits per heavy atom. The van der Waals surface area contributed by atoms with Gasteiger partial charge in [0.25, 0.3) is 10.0 Å². The molecule has 1 atom stereocenters. The first kappa shape index (κ1) is 14.6. The number of nitrogens with zero attached hydrogens (tertiary/aromatic N) is 3. The van der Waals surface area contributed by atoms with Crippen molar-refractivity contribution in [3.05, 3.63) is 29.7 Å². The number of rotatable bonds is 6. The third-order valence-corrected chi connectivity index (χ3v) is 5.32. The fourth-order valence-electron chi connectivity index (χ4n) is 1.61. The van der Waals surface area contributed by atoms with Gasteiger partial charge in [-0.2, -0.15) is 5.10 Å². The van der Waals surface area contributed by atoms with Gasteiger partial charge in [0, 0.05) is 18.4 Å². The molecular formula is C10H12N4O4S2. The van der Waals surface area contributed by atoms with Crippen LogP contribution >= 0.6 is 11.3 Å². The van der Waals surface area contributed by atoms with Gasteiger partial charge in [-0.05, 0) is 13.0 Å². The van der Waals surface area contributed by atoms with Gasteiger partial charge in [0.2, 0.25) is 0 Å². The summed E-state index contributed by atoms with van der Waals surface area (Å²) in [7, 11) is -3.91. The minimum atomic E-state index is -3.91. The average molecular weight is 316 g/mol. The van der Waals surface area contributed by atoms with Crippen LogP contribution < -0.4 is 4.72 Å². The molecule has 0 saturated heterocycles. The molecule has 0 radical (unpaired) electrons. The second-order valence-electron chi connectivity index (χ2n) is 4.04. The van der Waals surface area contributed by atoms with E-state index in [0.29, 0.717) is 6.54 Å². The van der Waals surface area contributed by atoms with Gasteiger partial charge < -0.3 is 5.11 Å². The van der Waals surface area contributed by atoms with Crippen LogP contribution in [0, 0.1) is 0 Å². The molecule has 0 saturated carbocycles. The minimum absolute atomic E-state index is 0.294. The van der Waals surface area contributed by atoms with Crippen LogP contribution in [0.5, 0.6) is 0 Å². The first-order valence-corrected chi connectivity index (χ1v) is 7.93. The predicted molar refractivity (Wildman–Crippen MR) is 71.1 cm³/mol. The van der Waals surface area contributed by atoms with E-state index in [1.54, 1.807) is 30.1 Å². The minimum Gasteiger partial charge on any atom is -0.476 e. The van der Waals surface area contributed by atoms with Crippen LogP contribution in [0.3, 0.4) is 0 Å². The van der Waals surface area contributed by atoms with Crippen LogP contribution in [-0.2, 0) is 16.6 Å². The molecule has 2 N–H and O–H groups in total. The lowest BCUT2D eigenvalue weighted by Gasteiger charge is -2.13. The van der Waals surface area contributed by atoms with Crippen LogP contribution in [0.4, 0.5) is 0 Å². The number of hydrogen-bond donors (Lipinski definition) is 2. The standard InChI is InChI=1S/C10H12N4O4S2/c1-7(5-14-4-2-3-12-14)13-20(17,18)10-8(9(15)16)11-6-19-10/h2-4,6-7,13H,5H2,1H3,(H,15,16). The van der Waals surface area contributed by atoms with Crippen molar-refractivity contribution in [2.75, 3.05) is 0 Å². The molecule has 0 spiro atoms. The Morgan fingerprint density at radius 2 is 2.35 bits per heavy atom. The van der Waals surface area contributed by atoms with Gasteiger partial charge in [-0.1, -0.05) is 0 Å². The number of nitrogens with one attached hydrogen (secondary N) is 1. The molecule has 0 aliphatic rings. The highest BCUT2D eigenvalue weighted by atomic mass is 32.2. The Labute approximate surface area is 119 Å². The summed E-state index contributed by atoms with van der Waals surface area (Å²) in [5.41, 5.74) is 0.727. The van der Waals surface area contributed by atoms with Crippen molar-refractivity contribution in [3.8, 4) is 0 Å². The molecule has 2 aromatic heterocycles. The van der Waals surface area contributed by atoms with E-state index in [-0.39, 0.29) is 4.21 Å². The smallest absolute Gasteiger partial charge is 0.356 e. The molecule has 10 heteroatoms. The third kappa shape index (κ3) is 3.21. The van der Waals surface area contributed by atoms with E-state index in [1.807, 2.05) is 0 Å². The lowest BCUT2D eigenvalue weighted by molar-refractivity contribution is 0.0687. The van der Waals surface area contributed by atoms with Gasteiger partial charge in [0.05, 0.1) is 12.1 Å². The fourth-order valence-corrected chi connectivity index (χ4v) is 4.00. The van der Waals surface area contributed by atoms with Crippen LogP contribution in [-0.4, -0.2) is 40.3 Å². The molecule has 0 fully saturated rings. The van der Waals surface area contributed by atoms with Gasteiger partial charge in [-0.15, -0.1) is 11.3 Å². The van der Waals surface area contributed by atoms with Crippen molar-refractivity contribution in [3.63, 3.8) is 0 Å². The molecule has 2 heterocycles. The SMILES string of the molecule is CC(Cn1cccn1)NS(=O)(=O)c1scnc1C(=O)O. The largest absolute Gasteiger partial charge is 0.476 e. The summed E-state index contributed by atoms with van der Waals surface area (Å²) >= 11 is 0.770. The average Bonchev–Trinajstić information content (AvgIpc) is 2.97. The topological polar surface area (TPSA) is 114 Å². The number of sulfonamides is 1. The molecule has 0 aliphatic carbocycles. The molecule has 20 heavy (non-hydrogen) atoms. The summed E-state index contributed by atoms with van der Waals surface area (Å²) in [5, 5.41) is 12.9. The second kappa shape index (κ2) is 5.69. The van der Waals surface area contributed by atoms with Crippen LogP contribution in [0.15, 0.2) is 28.2 Å². The number of hydrogen-bond acceptors (Lipinski definition) is 6. The predicted octanol–water partition coefficient (Wildman–Crippen LogP) is 0.405. The van der Waals surface area contributed by atoms with Crippen molar-refractivity contribution in [2.24, 2.45) is 0 Å². The summed E-state index contributed by atoms with van der Waals surface area (Å²) in [4.78, 5) is 14.5. The Hall–Kier alpha value is -1.78. The molecule has 0 aromatic carbocycles. The maximum Gasteiger partial charge on any atom is 0.356 e. The number of carboxylic acid groups (broad SMARTS) is 1. The molecule has 108 valence electrons. The Morgan fingerprint density at radius 1 is 1.60 bits per heavy atom. The van der Waals surface area contributed by atoms with E-state index >= 15 is 0 Å². The number of thiazole rings is 1. The van der Waals surface area contributed by atoms with Gasteiger partial charge in [0.1, 0.15) is 0 Å². The number of carboxylic acids is 1. The van der Waals surface area contributed by atoms with E-state index < -0.39 is 27.7 Å². The fraction of sp³-hybridized carbons (Fsp3) is 0.300. The molecule has 0 amide bonds. The van der Waals surface area contributed by atoms with E-state index in [0.717, 1.165) is 11.3 Å². The van der Waals surface area contributed by atoms with Crippen molar-refractivity contribution in [1.29, 1.82) is 0 Å². The van der Waals surface area contributed by atoms with Gasteiger partial charge in [-0.3, -0.25) is 4.68 Å². The zero-order chi connectivity index (χ0) is 14.8. The summed E-state index contributed by atoms with van der Waals surface area (Å²) < 4.78 is 27.9. The van der Waals surface area contributed by atoms with Crippen molar-refractivity contribution in [2.45, 2.75) is 23.7 Å². The number of aromatic carboxylic acids is 1. The summed E-state index contributed by atoms with van der Waals surface area (Å²) in [6, 6.07) is 1.29.